The molecule has 2 amide bonds. The molecule has 0 saturated heterocycles. The zero-order valence-electron chi connectivity index (χ0n) is 17.0. The minimum atomic E-state index is -0.552. The van der Waals surface area contributed by atoms with Crippen LogP contribution in [0.25, 0.3) is 11.1 Å². The molecule has 7 nitrogen and oxygen atoms in total. The summed E-state index contributed by atoms with van der Waals surface area (Å²) in [4.78, 5) is 29.3. The van der Waals surface area contributed by atoms with Crippen molar-refractivity contribution >= 4 is 17.6 Å². The van der Waals surface area contributed by atoms with E-state index in [2.05, 4.69) is 15.6 Å². The second-order valence-electron chi connectivity index (χ2n) is 7.70. The summed E-state index contributed by atoms with van der Waals surface area (Å²) < 4.78 is 10.8. The summed E-state index contributed by atoms with van der Waals surface area (Å²) in [6.07, 6.45) is 3.25. The molecular formula is C24H25N3O4. The minimum Gasteiger partial charge on any atom is -0.454 e. The Morgan fingerprint density at radius 2 is 1.84 bits per heavy atom. The molecule has 1 aliphatic carbocycles. The molecule has 3 aromatic rings. The van der Waals surface area contributed by atoms with Gasteiger partial charge in [0.1, 0.15) is 5.82 Å². The SMILES string of the molecule is CNC(=O)c1cccc(-c2ccc(NC(=O)C3(c4ccc5c(c4)OCO5)CC3)nc2)c1.[HH].[HH]. The molecule has 1 aromatic heterocycles. The van der Waals surface area contributed by atoms with Crippen LogP contribution in [0.4, 0.5) is 5.82 Å². The minimum absolute atomic E-state index is 0. The second kappa shape index (κ2) is 7.43. The largest absolute Gasteiger partial charge is 0.454 e. The number of hydrogen-bond acceptors (Lipinski definition) is 5. The number of nitrogens with zero attached hydrogens (tertiary/aromatic N) is 1. The summed E-state index contributed by atoms with van der Waals surface area (Å²) in [6, 6.07) is 16.6. The van der Waals surface area contributed by atoms with Crippen molar-refractivity contribution in [2.45, 2.75) is 18.3 Å². The lowest BCUT2D eigenvalue weighted by Crippen LogP contribution is -2.28. The first-order valence-corrected chi connectivity index (χ1v) is 10.1. The number of fused-ring (bicyclic) bond motifs is 1. The third kappa shape index (κ3) is 3.48. The van der Waals surface area contributed by atoms with Gasteiger partial charge in [0, 0.05) is 27.2 Å². The highest BCUT2D eigenvalue weighted by Crippen LogP contribution is 2.51. The maximum Gasteiger partial charge on any atom is 0.251 e. The lowest BCUT2D eigenvalue weighted by Gasteiger charge is -2.16. The third-order valence-electron chi connectivity index (χ3n) is 5.80. The van der Waals surface area contributed by atoms with E-state index in [0.29, 0.717) is 22.9 Å². The van der Waals surface area contributed by atoms with Gasteiger partial charge in [0.25, 0.3) is 5.91 Å². The predicted molar refractivity (Wildman–Crippen MR) is 119 cm³/mol. The van der Waals surface area contributed by atoms with E-state index in [1.54, 1.807) is 25.4 Å². The van der Waals surface area contributed by atoms with Crippen molar-refractivity contribution in [1.29, 1.82) is 0 Å². The molecule has 1 fully saturated rings. The van der Waals surface area contributed by atoms with Crippen molar-refractivity contribution < 1.29 is 21.9 Å². The first kappa shape index (κ1) is 19.1. The number of amides is 2. The molecule has 5 rings (SSSR count). The molecule has 160 valence electrons. The van der Waals surface area contributed by atoms with E-state index in [1.165, 1.54) is 0 Å². The lowest BCUT2D eigenvalue weighted by atomic mass is 9.94. The molecule has 0 bridgehead atoms. The molecule has 31 heavy (non-hydrogen) atoms. The Kier molecular flexibility index (Phi) is 4.58. The smallest absolute Gasteiger partial charge is 0.251 e. The summed E-state index contributed by atoms with van der Waals surface area (Å²) in [5, 5.41) is 5.56. The van der Waals surface area contributed by atoms with Crippen LogP contribution in [0.2, 0.25) is 0 Å². The molecule has 0 atom stereocenters. The van der Waals surface area contributed by atoms with Crippen LogP contribution in [0, 0.1) is 0 Å². The van der Waals surface area contributed by atoms with Gasteiger partial charge in [-0.05, 0) is 60.4 Å². The summed E-state index contributed by atoms with van der Waals surface area (Å²) in [5.41, 5.74) is 2.70. The van der Waals surface area contributed by atoms with Crippen LogP contribution in [0.15, 0.2) is 60.8 Å². The van der Waals surface area contributed by atoms with Gasteiger partial charge in [0.15, 0.2) is 11.5 Å². The molecule has 1 aliphatic heterocycles. The number of aromatic nitrogens is 1. The average Bonchev–Trinajstić information content (AvgIpc) is 3.50. The van der Waals surface area contributed by atoms with Gasteiger partial charge in [-0.15, -0.1) is 0 Å². The van der Waals surface area contributed by atoms with Gasteiger partial charge in [-0.2, -0.15) is 0 Å². The Hall–Kier alpha value is -3.87. The van der Waals surface area contributed by atoms with Gasteiger partial charge in [-0.3, -0.25) is 9.59 Å². The molecule has 2 N–H and O–H groups in total. The van der Waals surface area contributed by atoms with Crippen molar-refractivity contribution in [2.24, 2.45) is 0 Å². The number of pyridine rings is 1. The summed E-state index contributed by atoms with van der Waals surface area (Å²) in [6.45, 7) is 0.209. The van der Waals surface area contributed by atoms with Gasteiger partial charge in [-0.25, -0.2) is 4.98 Å². The van der Waals surface area contributed by atoms with Crippen molar-refractivity contribution in [1.82, 2.24) is 10.3 Å². The number of nitrogens with one attached hydrogen (secondary N) is 2. The highest BCUT2D eigenvalue weighted by atomic mass is 16.7. The normalized spacial score (nSPS) is 15.3. The number of carbonyl (C=O) groups is 2. The van der Waals surface area contributed by atoms with Gasteiger partial charge < -0.3 is 20.1 Å². The fourth-order valence-electron chi connectivity index (χ4n) is 3.82. The first-order chi connectivity index (χ1) is 15.1. The molecule has 2 heterocycles. The highest BCUT2D eigenvalue weighted by Gasteiger charge is 2.51. The van der Waals surface area contributed by atoms with E-state index in [9.17, 15) is 9.59 Å². The number of benzene rings is 2. The standard InChI is InChI=1S/C24H21N3O4.2H2/c1-25-22(28)16-4-2-3-15(11-16)17-5-8-21(26-13-17)27-23(29)24(9-10-24)18-6-7-19-20(12-18)31-14-30-19;;/h2-8,11-13H,9-10,14H2,1H3,(H,25,28)(H,26,27,29);2*1H. The van der Waals surface area contributed by atoms with Crippen molar-refractivity contribution in [3.63, 3.8) is 0 Å². The fourth-order valence-corrected chi connectivity index (χ4v) is 3.82. The highest BCUT2D eigenvalue weighted by molar-refractivity contribution is 6.01. The van der Waals surface area contributed by atoms with Crippen LogP contribution in [0.1, 0.15) is 31.6 Å². The van der Waals surface area contributed by atoms with Crippen LogP contribution >= 0.6 is 0 Å². The molecular weight excluding hydrogens is 394 g/mol. The molecule has 2 aliphatic rings. The number of rotatable bonds is 5. The number of carbonyl (C=O) groups excluding carboxylic acids is 2. The number of anilines is 1. The van der Waals surface area contributed by atoms with Crippen LogP contribution < -0.4 is 20.1 Å². The van der Waals surface area contributed by atoms with E-state index in [0.717, 1.165) is 29.5 Å². The summed E-state index contributed by atoms with van der Waals surface area (Å²) in [7, 11) is 1.60. The lowest BCUT2D eigenvalue weighted by molar-refractivity contribution is -0.118. The topological polar surface area (TPSA) is 89.6 Å². The van der Waals surface area contributed by atoms with Gasteiger partial charge >= 0.3 is 0 Å². The molecule has 0 radical (unpaired) electrons. The zero-order chi connectivity index (χ0) is 21.4. The average molecular weight is 419 g/mol. The van der Waals surface area contributed by atoms with Gasteiger partial charge in [0.2, 0.25) is 12.7 Å². The first-order valence-electron chi connectivity index (χ1n) is 10.1. The van der Waals surface area contributed by atoms with E-state index in [4.69, 9.17) is 9.47 Å². The molecule has 2 aromatic carbocycles. The van der Waals surface area contributed by atoms with Crippen molar-refractivity contribution in [2.75, 3.05) is 19.2 Å². The Balaban J connectivity index is 0.00000153. The quantitative estimate of drug-likeness (QED) is 0.653. The van der Waals surface area contributed by atoms with E-state index < -0.39 is 5.41 Å². The Morgan fingerprint density at radius 1 is 1.00 bits per heavy atom. The van der Waals surface area contributed by atoms with Gasteiger partial charge in [-0.1, -0.05) is 18.2 Å². The van der Waals surface area contributed by atoms with E-state index in [1.807, 2.05) is 42.5 Å². The maximum absolute atomic E-state index is 13.0. The molecule has 0 spiro atoms. The van der Waals surface area contributed by atoms with Crippen LogP contribution in [-0.2, 0) is 10.2 Å². The monoisotopic (exact) mass is 419 g/mol. The molecule has 0 unspecified atom stereocenters. The van der Waals surface area contributed by atoms with Crippen molar-refractivity contribution in [3.05, 3.63) is 71.9 Å². The summed E-state index contributed by atoms with van der Waals surface area (Å²) in [5.74, 6) is 1.66. The fraction of sp³-hybridized carbons (Fsp3) is 0.208. The van der Waals surface area contributed by atoms with E-state index >= 15 is 0 Å². The van der Waals surface area contributed by atoms with Crippen LogP contribution in [-0.4, -0.2) is 30.6 Å². The maximum atomic E-state index is 13.0. The third-order valence-corrected chi connectivity index (χ3v) is 5.80. The van der Waals surface area contributed by atoms with Crippen LogP contribution in [0.3, 0.4) is 0 Å². The molecule has 1 saturated carbocycles. The Labute approximate surface area is 182 Å². The Morgan fingerprint density at radius 3 is 2.58 bits per heavy atom. The second-order valence-corrected chi connectivity index (χ2v) is 7.70. The predicted octanol–water partition coefficient (Wildman–Crippen LogP) is 4.00. The molecule has 7 heteroatoms. The number of hydrogen-bond donors (Lipinski definition) is 2. The zero-order valence-corrected chi connectivity index (χ0v) is 17.0. The number of ether oxygens (including phenoxy) is 2. The van der Waals surface area contributed by atoms with Gasteiger partial charge in [0.05, 0.1) is 5.41 Å². The van der Waals surface area contributed by atoms with Crippen LogP contribution in [0.5, 0.6) is 11.5 Å². The van der Waals surface area contributed by atoms with E-state index in [-0.39, 0.29) is 21.5 Å². The summed E-state index contributed by atoms with van der Waals surface area (Å²) >= 11 is 0. The van der Waals surface area contributed by atoms with Crippen molar-refractivity contribution in [3.8, 4) is 22.6 Å². The Bertz CT molecular complexity index is 1180.